The maximum atomic E-state index is 15.0. The largest absolute Gasteiger partial charge is 0.462 e. The number of carbonyl (C=O) groups is 3. The van der Waals surface area contributed by atoms with Gasteiger partial charge in [-0.05, 0) is 49.7 Å². The Morgan fingerprint density at radius 3 is 2.51 bits per heavy atom. The molecule has 11 heteroatoms. The third kappa shape index (κ3) is 3.80. The van der Waals surface area contributed by atoms with E-state index in [4.69, 9.17) is 20.8 Å². The number of aromatic nitrogens is 1. The number of hydrogen-bond donors (Lipinski definition) is 0. The van der Waals surface area contributed by atoms with E-state index in [0.29, 0.717) is 22.0 Å². The van der Waals surface area contributed by atoms with E-state index in [1.165, 1.54) is 4.90 Å². The van der Waals surface area contributed by atoms with Gasteiger partial charge in [0.2, 0.25) is 5.76 Å². The molecule has 0 saturated heterocycles. The Bertz CT molecular complexity index is 2050. The van der Waals surface area contributed by atoms with E-state index in [2.05, 4.69) is 4.98 Å². The van der Waals surface area contributed by atoms with Gasteiger partial charge in [0.15, 0.2) is 16.1 Å². The second-order valence-corrected chi connectivity index (χ2v) is 11.6. The summed E-state index contributed by atoms with van der Waals surface area (Å²) in [7, 11) is 0. The first kappa shape index (κ1) is 27.1. The van der Waals surface area contributed by atoms with Crippen molar-refractivity contribution in [1.29, 1.82) is 0 Å². The number of para-hydroxylation sites is 2. The van der Waals surface area contributed by atoms with E-state index in [1.807, 2.05) is 12.1 Å². The van der Waals surface area contributed by atoms with Crippen LogP contribution in [0.4, 0.5) is 10.8 Å². The smallest absolute Gasteiger partial charge is 0.350 e. The fraction of sp³-hybridized carbons (Fsp3) is 0.156. The first-order chi connectivity index (χ1) is 20.8. The SMILES string of the molecule is CCOC(=O)c1sc(N2C(=O)c3oc4ccccc4c(=O)c3C23C(=O)N(Cc2ccc(Cl)cc2)c2ccccc23)nc1C. The van der Waals surface area contributed by atoms with Gasteiger partial charge >= 0.3 is 5.97 Å². The van der Waals surface area contributed by atoms with Crippen LogP contribution in [0.3, 0.4) is 0 Å². The van der Waals surface area contributed by atoms with Crippen molar-refractivity contribution in [2.75, 3.05) is 16.4 Å². The van der Waals surface area contributed by atoms with Crippen molar-refractivity contribution < 1.29 is 23.5 Å². The van der Waals surface area contributed by atoms with Crippen LogP contribution in [-0.4, -0.2) is 29.4 Å². The van der Waals surface area contributed by atoms with Crippen molar-refractivity contribution in [2.24, 2.45) is 0 Å². The van der Waals surface area contributed by atoms with Gasteiger partial charge in [-0.2, -0.15) is 0 Å². The van der Waals surface area contributed by atoms with Crippen LogP contribution >= 0.6 is 22.9 Å². The standard InChI is InChI=1S/C32H22ClN3O6S/c1-3-41-29(39)27-17(2)34-31(43-27)36-28(38)26-24(25(37)20-8-4-7-11-23(20)42-26)32(36)21-9-5-6-10-22(21)35(30(32)40)16-18-12-14-19(33)15-13-18/h4-15H,3,16H2,1-2H3. The minimum absolute atomic E-state index is 0.0666. The lowest BCUT2D eigenvalue weighted by molar-refractivity contribution is -0.121. The Labute approximate surface area is 253 Å². The van der Waals surface area contributed by atoms with Crippen molar-refractivity contribution in [2.45, 2.75) is 25.9 Å². The molecule has 1 unspecified atom stereocenters. The fourth-order valence-corrected chi connectivity index (χ4v) is 7.04. The molecule has 5 aromatic rings. The first-order valence-corrected chi connectivity index (χ1v) is 14.7. The Kier molecular flexibility index (Phi) is 6.22. The Morgan fingerprint density at radius 2 is 1.74 bits per heavy atom. The second-order valence-electron chi connectivity index (χ2n) is 10.1. The molecule has 0 bridgehead atoms. The van der Waals surface area contributed by atoms with Crippen LogP contribution in [0, 0.1) is 6.92 Å². The number of benzene rings is 3. The van der Waals surface area contributed by atoms with Gasteiger partial charge in [0.05, 0.1) is 35.5 Å². The quantitative estimate of drug-likeness (QED) is 0.230. The molecule has 0 fully saturated rings. The molecule has 1 spiro atoms. The molecule has 2 aromatic heterocycles. The van der Waals surface area contributed by atoms with Gasteiger partial charge in [-0.1, -0.05) is 65.4 Å². The average molecular weight is 612 g/mol. The summed E-state index contributed by atoms with van der Waals surface area (Å²) in [6, 6.07) is 20.7. The number of amides is 2. The van der Waals surface area contributed by atoms with Gasteiger partial charge < -0.3 is 14.1 Å². The fourth-order valence-electron chi connectivity index (χ4n) is 5.90. The van der Waals surface area contributed by atoms with Gasteiger partial charge in [0.1, 0.15) is 10.5 Å². The highest BCUT2D eigenvalue weighted by Crippen LogP contribution is 2.55. The molecule has 43 heavy (non-hydrogen) atoms. The van der Waals surface area contributed by atoms with Gasteiger partial charge in [0, 0.05) is 10.6 Å². The number of carbonyl (C=O) groups excluding carboxylic acids is 3. The molecule has 214 valence electrons. The monoisotopic (exact) mass is 611 g/mol. The number of ether oxygens (including phenoxy) is 1. The molecule has 0 aliphatic carbocycles. The third-order valence-corrected chi connectivity index (χ3v) is 9.10. The zero-order valence-corrected chi connectivity index (χ0v) is 24.5. The Morgan fingerprint density at radius 1 is 1.02 bits per heavy atom. The molecule has 1 atom stereocenters. The van der Waals surface area contributed by atoms with E-state index < -0.39 is 28.8 Å². The highest BCUT2D eigenvalue weighted by atomic mass is 35.5. The molecule has 2 amide bonds. The van der Waals surface area contributed by atoms with Crippen LogP contribution in [-0.2, 0) is 21.6 Å². The number of fused-ring (bicyclic) bond motifs is 5. The lowest BCUT2D eigenvalue weighted by Crippen LogP contribution is -2.53. The molecule has 0 N–H and O–H groups in total. The number of esters is 1. The summed E-state index contributed by atoms with van der Waals surface area (Å²) in [4.78, 5) is 64.0. The van der Waals surface area contributed by atoms with Crippen molar-refractivity contribution in [3.8, 4) is 0 Å². The summed E-state index contributed by atoms with van der Waals surface area (Å²) < 4.78 is 11.3. The number of thiazole rings is 1. The molecule has 3 aromatic carbocycles. The lowest BCUT2D eigenvalue weighted by atomic mass is 9.84. The first-order valence-electron chi connectivity index (χ1n) is 13.5. The van der Waals surface area contributed by atoms with Crippen LogP contribution in [0.5, 0.6) is 0 Å². The molecule has 0 radical (unpaired) electrons. The summed E-state index contributed by atoms with van der Waals surface area (Å²) >= 11 is 7.03. The van der Waals surface area contributed by atoms with E-state index >= 15 is 0 Å². The van der Waals surface area contributed by atoms with Crippen molar-refractivity contribution in [3.05, 3.63) is 121 Å². The van der Waals surface area contributed by atoms with E-state index in [-0.39, 0.29) is 45.5 Å². The molecule has 2 aliphatic heterocycles. The molecular weight excluding hydrogens is 590 g/mol. The number of aryl methyl sites for hydroxylation is 1. The average Bonchev–Trinajstić information content (AvgIpc) is 3.59. The van der Waals surface area contributed by atoms with Gasteiger partial charge in [-0.3, -0.25) is 19.3 Å². The highest BCUT2D eigenvalue weighted by Gasteiger charge is 2.66. The number of rotatable bonds is 5. The minimum atomic E-state index is -1.93. The van der Waals surface area contributed by atoms with Crippen molar-refractivity contribution in [3.63, 3.8) is 0 Å². The summed E-state index contributed by atoms with van der Waals surface area (Å²) in [5.74, 6) is -2.07. The summed E-state index contributed by atoms with van der Waals surface area (Å²) in [6.45, 7) is 3.62. The van der Waals surface area contributed by atoms with E-state index in [9.17, 15) is 19.2 Å². The summed E-state index contributed by atoms with van der Waals surface area (Å²) in [5.41, 5.74) is -0.221. The van der Waals surface area contributed by atoms with E-state index in [0.717, 1.165) is 16.9 Å². The second kappa shape index (κ2) is 9.89. The van der Waals surface area contributed by atoms with Crippen LogP contribution in [0.15, 0.2) is 82.0 Å². The number of halogens is 1. The number of hydrogen-bond acceptors (Lipinski definition) is 8. The minimum Gasteiger partial charge on any atom is -0.462 e. The van der Waals surface area contributed by atoms with Crippen molar-refractivity contribution in [1.82, 2.24) is 4.98 Å². The topological polar surface area (TPSA) is 110 Å². The van der Waals surface area contributed by atoms with Crippen LogP contribution in [0.25, 0.3) is 11.0 Å². The number of anilines is 2. The highest BCUT2D eigenvalue weighted by molar-refractivity contribution is 7.17. The molecule has 9 nitrogen and oxygen atoms in total. The van der Waals surface area contributed by atoms with Crippen LogP contribution < -0.4 is 15.2 Å². The van der Waals surface area contributed by atoms with Crippen LogP contribution in [0.1, 0.15) is 49.5 Å². The van der Waals surface area contributed by atoms with Crippen LogP contribution in [0.2, 0.25) is 5.02 Å². The molecule has 4 heterocycles. The summed E-state index contributed by atoms with van der Waals surface area (Å²) in [6.07, 6.45) is 0. The molecule has 2 aliphatic rings. The molecular formula is C32H22ClN3O6S. The normalized spacial score (nSPS) is 17.2. The maximum Gasteiger partial charge on any atom is 0.350 e. The van der Waals surface area contributed by atoms with Crippen molar-refractivity contribution >= 4 is 62.5 Å². The van der Waals surface area contributed by atoms with Gasteiger partial charge in [-0.15, -0.1) is 0 Å². The zero-order chi connectivity index (χ0) is 30.0. The lowest BCUT2D eigenvalue weighted by Gasteiger charge is -2.32. The maximum absolute atomic E-state index is 15.0. The Balaban J connectivity index is 1.52. The predicted octanol–water partition coefficient (Wildman–Crippen LogP) is 5.84. The van der Waals surface area contributed by atoms with E-state index in [1.54, 1.807) is 79.4 Å². The molecule has 7 rings (SSSR count). The Hall–Kier alpha value is -4.80. The number of nitrogens with zero attached hydrogens (tertiary/aromatic N) is 3. The molecule has 0 saturated carbocycles. The predicted molar refractivity (Wildman–Crippen MR) is 162 cm³/mol. The van der Waals surface area contributed by atoms with Gasteiger partial charge in [-0.25, -0.2) is 9.78 Å². The summed E-state index contributed by atoms with van der Waals surface area (Å²) in [5, 5.41) is 0.854. The van der Waals surface area contributed by atoms with Gasteiger partial charge in [0.25, 0.3) is 11.8 Å². The zero-order valence-electron chi connectivity index (χ0n) is 22.9. The third-order valence-electron chi connectivity index (χ3n) is 7.72.